The summed E-state index contributed by atoms with van der Waals surface area (Å²) in [6.07, 6.45) is 1.11. The van der Waals surface area contributed by atoms with Gasteiger partial charge in [-0.25, -0.2) is 0 Å². The highest BCUT2D eigenvalue weighted by atomic mass is 16.3. The monoisotopic (exact) mass is 766 g/mol. The van der Waals surface area contributed by atoms with Gasteiger partial charge >= 0.3 is 0 Å². The second-order valence-electron chi connectivity index (χ2n) is 19.9. The summed E-state index contributed by atoms with van der Waals surface area (Å²) in [5.74, 6) is 0. The van der Waals surface area contributed by atoms with Crippen molar-refractivity contribution in [2.24, 2.45) is 0 Å². The summed E-state index contributed by atoms with van der Waals surface area (Å²) in [5.41, 5.74) is 22.6. The fourth-order valence-electron chi connectivity index (χ4n) is 11.2. The third-order valence-corrected chi connectivity index (χ3v) is 13.7. The highest BCUT2D eigenvalue weighted by Gasteiger charge is 2.48. The van der Waals surface area contributed by atoms with Crippen molar-refractivity contribution in [3.63, 3.8) is 0 Å². The predicted octanol–water partition coefficient (Wildman–Crippen LogP) is 13.2. The second-order valence-corrected chi connectivity index (χ2v) is 19.9. The van der Waals surface area contributed by atoms with Crippen LogP contribution in [0, 0.1) is 13.8 Å². The summed E-state index contributed by atoms with van der Waals surface area (Å²) in [6, 6.07) is 50.3. The number of fused-ring (bicyclic) bond motifs is 8. The van der Waals surface area contributed by atoms with Crippen LogP contribution in [0.4, 0.5) is 34.1 Å². The molecule has 0 N–H and O–H groups in total. The number of nitrogens with zero attached hydrogens (tertiary/aromatic N) is 2. The third-order valence-electron chi connectivity index (χ3n) is 13.7. The highest BCUT2D eigenvalue weighted by molar-refractivity contribution is 7.00. The number of anilines is 6. The molecule has 3 nitrogen and oxygen atoms in total. The number of furan rings is 1. The van der Waals surface area contributed by atoms with Crippen LogP contribution in [0.15, 0.2) is 138 Å². The zero-order valence-electron chi connectivity index (χ0n) is 35.8. The molecule has 0 bridgehead atoms. The first-order valence-corrected chi connectivity index (χ1v) is 21.3. The minimum atomic E-state index is -0.0283. The molecular formula is C55H51BN2O. The Morgan fingerprint density at radius 1 is 0.542 bits per heavy atom. The van der Waals surface area contributed by atoms with E-state index in [1.807, 2.05) is 0 Å². The molecule has 3 heterocycles. The Balaban J connectivity index is 1.28. The van der Waals surface area contributed by atoms with E-state index in [2.05, 4.69) is 206 Å². The van der Waals surface area contributed by atoms with E-state index in [9.17, 15) is 0 Å². The lowest BCUT2D eigenvalue weighted by atomic mass is 9.33. The van der Waals surface area contributed by atoms with Crippen LogP contribution in [0.5, 0.6) is 0 Å². The molecule has 4 heteroatoms. The molecule has 0 atom stereocenters. The van der Waals surface area contributed by atoms with Crippen molar-refractivity contribution in [2.75, 3.05) is 9.80 Å². The van der Waals surface area contributed by atoms with Crippen molar-refractivity contribution < 1.29 is 4.42 Å². The van der Waals surface area contributed by atoms with Crippen LogP contribution in [0.3, 0.4) is 0 Å². The van der Waals surface area contributed by atoms with Gasteiger partial charge in [0.1, 0.15) is 11.2 Å². The van der Waals surface area contributed by atoms with Gasteiger partial charge in [0.2, 0.25) is 0 Å². The molecule has 3 aliphatic rings. The van der Waals surface area contributed by atoms with Gasteiger partial charge in [-0.15, -0.1) is 0 Å². The molecule has 1 aromatic heterocycles. The van der Waals surface area contributed by atoms with E-state index in [1.165, 1.54) is 83.8 Å². The van der Waals surface area contributed by atoms with Crippen molar-refractivity contribution in [1.29, 1.82) is 0 Å². The number of rotatable bonds is 3. The van der Waals surface area contributed by atoms with Gasteiger partial charge in [0.15, 0.2) is 0 Å². The molecule has 2 aliphatic heterocycles. The minimum Gasteiger partial charge on any atom is -0.456 e. The fraction of sp³-hybridized carbons (Fsp3) is 0.236. The molecule has 7 aromatic carbocycles. The number of hydrogen-bond donors (Lipinski definition) is 0. The molecule has 11 rings (SSSR count). The lowest BCUT2D eigenvalue weighted by molar-refractivity contribution is 0.403. The van der Waals surface area contributed by atoms with Crippen molar-refractivity contribution in [1.82, 2.24) is 0 Å². The smallest absolute Gasteiger partial charge is 0.252 e. The summed E-state index contributed by atoms with van der Waals surface area (Å²) in [5, 5.41) is 2.28. The molecule has 0 unspecified atom stereocenters. The number of para-hydroxylation sites is 1. The Kier molecular flexibility index (Phi) is 7.51. The standard InChI is InChI=1S/C55H51BN2O/c1-33-26-47-52-48(27-33)58(45-28-36(23-22-34(45)2)35-16-11-10-12-17-35)46-31-40-39(54(6,7)32-55(40,8)9)30-42(46)56(52)41-29-37(53(3,4)5)24-25-43(41)57(47)44-19-15-21-50-51(44)38-18-13-14-20-49(38)59-50/h10-31H,32H2,1-9H3. The zero-order valence-corrected chi connectivity index (χ0v) is 35.8. The number of hydrogen-bond acceptors (Lipinski definition) is 3. The van der Waals surface area contributed by atoms with E-state index in [-0.39, 0.29) is 23.0 Å². The maximum absolute atomic E-state index is 6.55. The van der Waals surface area contributed by atoms with Crippen LogP contribution in [-0.4, -0.2) is 6.71 Å². The van der Waals surface area contributed by atoms with Gasteiger partial charge in [-0.3, -0.25) is 0 Å². The summed E-state index contributed by atoms with van der Waals surface area (Å²) >= 11 is 0. The van der Waals surface area contributed by atoms with Gasteiger partial charge in [0.25, 0.3) is 6.71 Å². The van der Waals surface area contributed by atoms with Crippen LogP contribution in [-0.2, 0) is 16.2 Å². The number of benzene rings is 7. The van der Waals surface area contributed by atoms with Gasteiger partial charge in [-0.1, -0.05) is 133 Å². The van der Waals surface area contributed by atoms with Crippen molar-refractivity contribution in [3.05, 3.63) is 161 Å². The molecule has 0 fully saturated rings. The molecule has 0 saturated heterocycles. The minimum absolute atomic E-state index is 0.0283. The first kappa shape index (κ1) is 36.1. The predicted molar refractivity (Wildman–Crippen MR) is 252 cm³/mol. The first-order valence-electron chi connectivity index (χ1n) is 21.3. The molecule has 8 aromatic rings. The Hall–Kier alpha value is -6.00. The molecule has 59 heavy (non-hydrogen) atoms. The molecule has 0 radical (unpaired) electrons. The van der Waals surface area contributed by atoms with Gasteiger partial charge < -0.3 is 14.2 Å². The molecule has 0 spiro atoms. The summed E-state index contributed by atoms with van der Waals surface area (Å²) in [4.78, 5) is 5.19. The maximum Gasteiger partial charge on any atom is 0.252 e. The lowest BCUT2D eigenvalue weighted by Gasteiger charge is -2.45. The fourth-order valence-corrected chi connectivity index (χ4v) is 11.2. The largest absolute Gasteiger partial charge is 0.456 e. The van der Waals surface area contributed by atoms with Gasteiger partial charge in [-0.05, 0) is 140 Å². The SMILES string of the molecule is Cc1cc2c3c(c1)N(c1cccc4oc5ccccc5c14)c1ccc(C(C)(C)C)cc1B3c1cc3c(cc1N2c1cc(-c2ccccc2)ccc1C)C(C)(C)CC3(C)C. The number of aryl methyl sites for hydroxylation is 2. The van der Waals surface area contributed by atoms with E-state index in [4.69, 9.17) is 4.42 Å². The molecular weight excluding hydrogens is 715 g/mol. The Bertz CT molecular complexity index is 3050. The van der Waals surface area contributed by atoms with Crippen molar-refractivity contribution in [3.8, 4) is 11.1 Å². The average molecular weight is 767 g/mol. The maximum atomic E-state index is 6.55. The summed E-state index contributed by atoms with van der Waals surface area (Å²) in [7, 11) is 0. The average Bonchev–Trinajstić information content (AvgIpc) is 3.67. The highest BCUT2D eigenvalue weighted by Crippen LogP contribution is 2.53. The summed E-state index contributed by atoms with van der Waals surface area (Å²) < 4.78 is 6.55. The van der Waals surface area contributed by atoms with Crippen LogP contribution >= 0.6 is 0 Å². The molecule has 1 aliphatic carbocycles. The second kappa shape index (κ2) is 12.3. The van der Waals surface area contributed by atoms with E-state index in [0.29, 0.717) is 0 Å². The Morgan fingerprint density at radius 2 is 1.20 bits per heavy atom. The van der Waals surface area contributed by atoms with Gasteiger partial charge in [0, 0.05) is 33.8 Å². The van der Waals surface area contributed by atoms with E-state index >= 15 is 0 Å². The van der Waals surface area contributed by atoms with Crippen molar-refractivity contribution in [2.45, 2.75) is 85.0 Å². The molecule has 0 saturated carbocycles. The first-order chi connectivity index (χ1) is 28.2. The van der Waals surface area contributed by atoms with Crippen LogP contribution < -0.4 is 26.2 Å². The third kappa shape index (κ3) is 5.28. The molecule has 290 valence electrons. The van der Waals surface area contributed by atoms with Crippen LogP contribution in [0.25, 0.3) is 33.1 Å². The topological polar surface area (TPSA) is 19.6 Å². The summed E-state index contributed by atoms with van der Waals surface area (Å²) in [6.45, 7) is 21.4. The van der Waals surface area contributed by atoms with Crippen LogP contribution in [0.1, 0.15) is 82.7 Å². The Labute approximate surface area is 349 Å². The van der Waals surface area contributed by atoms with Gasteiger partial charge in [-0.2, -0.15) is 0 Å². The van der Waals surface area contributed by atoms with Crippen molar-refractivity contribution >= 4 is 79.2 Å². The van der Waals surface area contributed by atoms with E-state index < -0.39 is 0 Å². The van der Waals surface area contributed by atoms with E-state index in [0.717, 1.165) is 34.0 Å². The van der Waals surface area contributed by atoms with Gasteiger partial charge in [0.05, 0.1) is 11.1 Å². The van der Waals surface area contributed by atoms with E-state index in [1.54, 1.807) is 0 Å². The normalized spacial score (nSPS) is 16.0. The Morgan fingerprint density at radius 3 is 1.95 bits per heavy atom. The van der Waals surface area contributed by atoms with Crippen LogP contribution in [0.2, 0.25) is 0 Å². The zero-order chi connectivity index (χ0) is 40.7. The lowest BCUT2D eigenvalue weighted by Crippen LogP contribution is -2.61. The quantitative estimate of drug-likeness (QED) is 0.167. The molecule has 0 amide bonds.